The smallest absolute Gasteiger partial charge is 0.318 e. The summed E-state index contributed by atoms with van der Waals surface area (Å²) in [4.78, 5) is 19.0. The van der Waals surface area contributed by atoms with Crippen molar-refractivity contribution in [3.05, 3.63) is 29.3 Å². The van der Waals surface area contributed by atoms with Crippen LogP contribution >= 0.6 is 11.3 Å². The van der Waals surface area contributed by atoms with Gasteiger partial charge in [0.1, 0.15) is 5.01 Å². The largest absolute Gasteiger partial charge is 0.335 e. The van der Waals surface area contributed by atoms with Crippen molar-refractivity contribution >= 4 is 27.6 Å². The van der Waals surface area contributed by atoms with Crippen molar-refractivity contribution in [1.82, 2.24) is 15.2 Å². The number of aromatic nitrogens is 1. The molecule has 1 aromatic carbocycles. The van der Waals surface area contributed by atoms with Crippen LogP contribution in [0.15, 0.2) is 24.3 Å². The van der Waals surface area contributed by atoms with Crippen LogP contribution in [-0.4, -0.2) is 28.5 Å². The van der Waals surface area contributed by atoms with E-state index in [1.54, 1.807) is 11.3 Å². The van der Waals surface area contributed by atoms with E-state index in [0.29, 0.717) is 6.04 Å². The highest BCUT2D eigenvalue weighted by Gasteiger charge is 2.34. The molecule has 1 aliphatic heterocycles. The van der Waals surface area contributed by atoms with E-state index in [-0.39, 0.29) is 12.1 Å². The van der Waals surface area contributed by atoms with Crippen LogP contribution < -0.4 is 5.32 Å². The Bertz CT molecular complexity index is 616. The van der Waals surface area contributed by atoms with Gasteiger partial charge in [-0.3, -0.25) is 0 Å². The Morgan fingerprint density at radius 3 is 2.95 bits per heavy atom. The van der Waals surface area contributed by atoms with Gasteiger partial charge in [-0.2, -0.15) is 0 Å². The Hall–Kier alpha value is -1.62. The molecule has 4 nitrogen and oxygen atoms in total. The van der Waals surface area contributed by atoms with Crippen molar-refractivity contribution < 1.29 is 4.79 Å². The Labute approximate surface area is 121 Å². The lowest BCUT2D eigenvalue weighted by Crippen LogP contribution is -2.40. The van der Waals surface area contributed by atoms with Crippen LogP contribution in [0.5, 0.6) is 0 Å². The first-order valence-corrected chi connectivity index (χ1v) is 8.05. The minimum absolute atomic E-state index is 0.0919. The van der Waals surface area contributed by atoms with Crippen LogP contribution in [0.1, 0.15) is 36.7 Å². The standard InChI is InChI=1S/C15H17N3OS/c19-15(16-10-7-8-10)18-9-3-5-12(18)14-17-11-4-1-2-6-13(11)20-14/h1-2,4,6,10,12H,3,5,7-9H2,(H,16,19)/t12-/m1/s1. The van der Waals surface area contributed by atoms with Crippen LogP contribution in [0.4, 0.5) is 4.79 Å². The quantitative estimate of drug-likeness (QED) is 0.921. The summed E-state index contributed by atoms with van der Waals surface area (Å²) in [5.41, 5.74) is 1.04. The van der Waals surface area contributed by atoms with E-state index in [0.717, 1.165) is 42.8 Å². The van der Waals surface area contributed by atoms with Crippen molar-refractivity contribution in [3.8, 4) is 0 Å². The van der Waals surface area contributed by atoms with Gasteiger partial charge >= 0.3 is 6.03 Å². The summed E-state index contributed by atoms with van der Waals surface area (Å²) in [7, 11) is 0. The number of carbonyl (C=O) groups is 1. The molecule has 2 aromatic rings. The number of hydrogen-bond acceptors (Lipinski definition) is 3. The Morgan fingerprint density at radius 1 is 1.30 bits per heavy atom. The fourth-order valence-electron chi connectivity index (χ4n) is 2.78. The van der Waals surface area contributed by atoms with Gasteiger partial charge in [-0.1, -0.05) is 12.1 Å². The van der Waals surface area contributed by atoms with Gasteiger partial charge in [-0.05, 0) is 37.8 Å². The van der Waals surface area contributed by atoms with Crippen molar-refractivity contribution in [2.75, 3.05) is 6.54 Å². The number of benzene rings is 1. The number of urea groups is 1. The van der Waals surface area contributed by atoms with E-state index in [1.807, 2.05) is 23.1 Å². The Morgan fingerprint density at radius 2 is 2.15 bits per heavy atom. The highest BCUT2D eigenvalue weighted by molar-refractivity contribution is 7.18. The molecule has 2 amide bonds. The zero-order valence-electron chi connectivity index (χ0n) is 11.2. The Kier molecular flexibility index (Phi) is 2.88. The predicted octanol–water partition coefficient (Wildman–Crippen LogP) is 3.31. The summed E-state index contributed by atoms with van der Waals surface area (Å²) in [6.07, 6.45) is 4.35. The number of nitrogens with zero attached hydrogens (tertiary/aromatic N) is 2. The molecule has 0 radical (unpaired) electrons. The predicted molar refractivity (Wildman–Crippen MR) is 79.9 cm³/mol. The normalized spacial score (nSPS) is 22.4. The number of hydrogen-bond donors (Lipinski definition) is 1. The minimum atomic E-state index is 0.0919. The van der Waals surface area contributed by atoms with E-state index in [1.165, 1.54) is 4.70 Å². The molecule has 1 saturated carbocycles. The maximum Gasteiger partial charge on any atom is 0.318 e. The third-order valence-corrected chi connectivity index (χ3v) is 5.15. The number of rotatable bonds is 2. The lowest BCUT2D eigenvalue weighted by Gasteiger charge is -2.23. The molecular formula is C15H17N3OS. The first-order chi connectivity index (χ1) is 9.81. The first-order valence-electron chi connectivity index (χ1n) is 7.24. The molecule has 1 aromatic heterocycles. The lowest BCUT2D eigenvalue weighted by molar-refractivity contribution is 0.192. The SMILES string of the molecule is O=C(NC1CC1)N1CCC[C@@H]1c1nc2ccccc2s1. The van der Waals surface area contributed by atoms with Gasteiger partial charge < -0.3 is 10.2 Å². The molecular weight excluding hydrogens is 270 g/mol. The van der Waals surface area contributed by atoms with Gasteiger partial charge in [0.15, 0.2) is 0 Å². The number of thiazole rings is 1. The van der Waals surface area contributed by atoms with Crippen molar-refractivity contribution in [3.63, 3.8) is 0 Å². The zero-order valence-corrected chi connectivity index (χ0v) is 12.0. The molecule has 0 bridgehead atoms. The fourth-order valence-corrected chi connectivity index (χ4v) is 3.90. The molecule has 2 heterocycles. The van der Waals surface area contributed by atoms with Crippen LogP contribution in [0.3, 0.4) is 0 Å². The number of amides is 2. The molecule has 1 saturated heterocycles. The fraction of sp³-hybridized carbons (Fsp3) is 0.467. The topological polar surface area (TPSA) is 45.2 Å². The van der Waals surface area contributed by atoms with Crippen LogP contribution in [-0.2, 0) is 0 Å². The van der Waals surface area contributed by atoms with Gasteiger partial charge in [0.25, 0.3) is 0 Å². The number of nitrogens with one attached hydrogen (secondary N) is 1. The third-order valence-electron chi connectivity index (χ3n) is 4.01. The summed E-state index contributed by atoms with van der Waals surface area (Å²) in [5.74, 6) is 0. The van der Waals surface area contributed by atoms with E-state index < -0.39 is 0 Å². The van der Waals surface area contributed by atoms with Gasteiger partial charge in [0, 0.05) is 12.6 Å². The number of fused-ring (bicyclic) bond motifs is 1. The van der Waals surface area contributed by atoms with E-state index >= 15 is 0 Å². The van der Waals surface area contributed by atoms with Crippen LogP contribution in [0.25, 0.3) is 10.2 Å². The molecule has 0 unspecified atom stereocenters. The molecule has 2 fully saturated rings. The van der Waals surface area contributed by atoms with Crippen molar-refractivity contribution in [2.45, 2.75) is 37.8 Å². The summed E-state index contributed by atoms with van der Waals surface area (Å²) < 4.78 is 1.21. The number of para-hydroxylation sites is 1. The minimum Gasteiger partial charge on any atom is -0.335 e. The first kappa shape index (κ1) is 12.1. The van der Waals surface area contributed by atoms with Crippen molar-refractivity contribution in [2.24, 2.45) is 0 Å². The highest BCUT2D eigenvalue weighted by Crippen LogP contribution is 2.36. The van der Waals surface area contributed by atoms with Gasteiger partial charge in [-0.15, -0.1) is 11.3 Å². The van der Waals surface area contributed by atoms with Crippen LogP contribution in [0, 0.1) is 0 Å². The summed E-state index contributed by atoms with van der Waals surface area (Å²) in [6, 6.07) is 8.85. The van der Waals surface area contributed by atoms with E-state index in [2.05, 4.69) is 11.4 Å². The Balaban J connectivity index is 1.60. The maximum atomic E-state index is 12.3. The van der Waals surface area contributed by atoms with E-state index in [4.69, 9.17) is 4.98 Å². The average Bonchev–Trinajstić information content (AvgIpc) is 3.00. The number of likely N-dealkylation sites (tertiary alicyclic amines) is 1. The zero-order chi connectivity index (χ0) is 13.5. The molecule has 2 aliphatic rings. The summed E-state index contributed by atoms with van der Waals surface area (Å²) >= 11 is 1.72. The van der Waals surface area contributed by atoms with Gasteiger partial charge in [0.05, 0.1) is 16.3 Å². The maximum absolute atomic E-state index is 12.3. The number of carbonyl (C=O) groups excluding carboxylic acids is 1. The molecule has 20 heavy (non-hydrogen) atoms. The van der Waals surface area contributed by atoms with Crippen LogP contribution in [0.2, 0.25) is 0 Å². The average molecular weight is 287 g/mol. The molecule has 104 valence electrons. The monoisotopic (exact) mass is 287 g/mol. The molecule has 4 rings (SSSR count). The lowest BCUT2D eigenvalue weighted by atomic mass is 10.2. The second kappa shape index (κ2) is 4.74. The molecule has 1 N–H and O–H groups in total. The van der Waals surface area contributed by atoms with Gasteiger partial charge in [-0.25, -0.2) is 9.78 Å². The van der Waals surface area contributed by atoms with Gasteiger partial charge in [0.2, 0.25) is 0 Å². The second-order valence-corrected chi connectivity index (χ2v) is 6.66. The summed E-state index contributed by atoms with van der Waals surface area (Å²) in [5, 5.41) is 4.17. The molecule has 1 aliphatic carbocycles. The molecule has 5 heteroatoms. The van der Waals surface area contributed by atoms with Crippen molar-refractivity contribution in [1.29, 1.82) is 0 Å². The summed E-state index contributed by atoms with van der Waals surface area (Å²) in [6.45, 7) is 0.846. The third kappa shape index (κ3) is 2.16. The molecule has 1 atom stereocenters. The van der Waals surface area contributed by atoms with E-state index in [9.17, 15) is 4.79 Å². The molecule has 0 spiro atoms. The second-order valence-electron chi connectivity index (χ2n) is 5.60. The highest BCUT2D eigenvalue weighted by atomic mass is 32.1.